The molecule has 1 aromatic carbocycles. The van der Waals surface area contributed by atoms with Gasteiger partial charge in [-0.1, -0.05) is 23.8 Å². The maximum absolute atomic E-state index is 12.0. The zero-order chi connectivity index (χ0) is 13.8. The lowest BCUT2D eigenvalue weighted by atomic mass is 10.1. The molecule has 0 unspecified atom stereocenters. The first-order chi connectivity index (χ1) is 9.10. The topological polar surface area (TPSA) is 34.9 Å². The molecule has 2 aromatic rings. The van der Waals surface area contributed by atoms with E-state index in [0.717, 1.165) is 28.9 Å². The Kier molecular flexibility index (Phi) is 3.95. The summed E-state index contributed by atoms with van der Waals surface area (Å²) in [5.41, 5.74) is 3.74. The number of hydrogen-bond acceptors (Lipinski definition) is 2. The molecule has 98 valence electrons. The first-order valence-corrected chi connectivity index (χ1v) is 6.43. The molecule has 0 fully saturated rings. The Bertz CT molecular complexity index is 623. The smallest absolute Gasteiger partial charge is 0.185 e. The van der Waals surface area contributed by atoms with Crippen LogP contribution in [0.5, 0.6) is 0 Å². The van der Waals surface area contributed by atoms with Crippen molar-refractivity contribution in [2.24, 2.45) is 0 Å². The van der Waals surface area contributed by atoms with Crippen molar-refractivity contribution >= 4 is 11.9 Å². The predicted molar refractivity (Wildman–Crippen MR) is 77.2 cm³/mol. The zero-order valence-electron chi connectivity index (χ0n) is 11.6. The van der Waals surface area contributed by atoms with Crippen LogP contribution in [0.3, 0.4) is 0 Å². The van der Waals surface area contributed by atoms with E-state index in [1.54, 1.807) is 6.08 Å². The van der Waals surface area contributed by atoms with Crippen LogP contribution in [0.25, 0.3) is 6.08 Å². The number of allylic oxidation sites excluding steroid dienone is 1. The van der Waals surface area contributed by atoms with Crippen LogP contribution in [-0.2, 0) is 6.54 Å². The molecule has 0 saturated heterocycles. The standard InChI is InChI=1S/C16H18N2O/c1-4-18-11-15(13(3)17-18)8-9-16(19)14-7-5-6-12(2)10-14/h5-11H,4H2,1-3H3/b9-8+. The molecule has 0 saturated carbocycles. The average Bonchev–Trinajstić information content (AvgIpc) is 2.76. The van der Waals surface area contributed by atoms with Gasteiger partial charge in [-0.15, -0.1) is 0 Å². The van der Waals surface area contributed by atoms with E-state index in [9.17, 15) is 4.79 Å². The molecule has 0 bridgehead atoms. The Morgan fingerprint density at radius 3 is 2.79 bits per heavy atom. The predicted octanol–water partition coefficient (Wildman–Crippen LogP) is 3.42. The summed E-state index contributed by atoms with van der Waals surface area (Å²) >= 11 is 0. The van der Waals surface area contributed by atoms with E-state index >= 15 is 0 Å². The molecule has 0 N–H and O–H groups in total. The molecule has 1 aromatic heterocycles. The maximum Gasteiger partial charge on any atom is 0.185 e. The molecule has 0 radical (unpaired) electrons. The lowest BCUT2D eigenvalue weighted by Gasteiger charge is -1.97. The van der Waals surface area contributed by atoms with Crippen molar-refractivity contribution in [1.82, 2.24) is 9.78 Å². The quantitative estimate of drug-likeness (QED) is 0.619. The van der Waals surface area contributed by atoms with Crippen LogP contribution in [0.2, 0.25) is 0 Å². The van der Waals surface area contributed by atoms with Crippen molar-refractivity contribution in [3.63, 3.8) is 0 Å². The highest BCUT2D eigenvalue weighted by Gasteiger charge is 2.04. The first kappa shape index (κ1) is 13.3. The Morgan fingerprint density at radius 2 is 2.16 bits per heavy atom. The van der Waals surface area contributed by atoms with Crippen LogP contribution in [-0.4, -0.2) is 15.6 Å². The summed E-state index contributed by atoms with van der Waals surface area (Å²) in [6.45, 7) is 6.80. The van der Waals surface area contributed by atoms with Crippen LogP contribution in [0.4, 0.5) is 0 Å². The molecule has 3 heteroatoms. The third-order valence-corrected chi connectivity index (χ3v) is 3.03. The molecule has 1 heterocycles. The van der Waals surface area contributed by atoms with Crippen molar-refractivity contribution in [3.05, 3.63) is 58.9 Å². The van der Waals surface area contributed by atoms with Gasteiger partial charge in [0.15, 0.2) is 5.78 Å². The number of ketones is 1. The molecule has 2 rings (SSSR count). The van der Waals surface area contributed by atoms with Crippen molar-refractivity contribution in [2.75, 3.05) is 0 Å². The minimum atomic E-state index is 0.0207. The van der Waals surface area contributed by atoms with E-state index < -0.39 is 0 Å². The van der Waals surface area contributed by atoms with Crippen LogP contribution in [0, 0.1) is 13.8 Å². The molecular formula is C16H18N2O. The van der Waals surface area contributed by atoms with Gasteiger partial charge in [-0.05, 0) is 39.0 Å². The summed E-state index contributed by atoms with van der Waals surface area (Å²) in [4.78, 5) is 12.0. The average molecular weight is 254 g/mol. The monoisotopic (exact) mass is 254 g/mol. The summed E-state index contributed by atoms with van der Waals surface area (Å²) in [6.07, 6.45) is 5.40. The molecule has 0 aliphatic rings. The molecular weight excluding hydrogens is 236 g/mol. The summed E-state index contributed by atoms with van der Waals surface area (Å²) in [6, 6.07) is 7.61. The fourth-order valence-corrected chi connectivity index (χ4v) is 1.92. The third-order valence-electron chi connectivity index (χ3n) is 3.03. The first-order valence-electron chi connectivity index (χ1n) is 6.43. The van der Waals surface area contributed by atoms with Gasteiger partial charge in [0.1, 0.15) is 0 Å². The summed E-state index contributed by atoms with van der Waals surface area (Å²) in [7, 11) is 0. The maximum atomic E-state index is 12.0. The van der Waals surface area contributed by atoms with Gasteiger partial charge in [-0.25, -0.2) is 0 Å². The number of hydrogen-bond donors (Lipinski definition) is 0. The van der Waals surface area contributed by atoms with Gasteiger partial charge < -0.3 is 0 Å². The van der Waals surface area contributed by atoms with E-state index in [-0.39, 0.29) is 5.78 Å². The van der Waals surface area contributed by atoms with Crippen molar-refractivity contribution in [1.29, 1.82) is 0 Å². The Morgan fingerprint density at radius 1 is 1.37 bits per heavy atom. The summed E-state index contributed by atoms with van der Waals surface area (Å²) < 4.78 is 1.87. The highest BCUT2D eigenvalue weighted by Crippen LogP contribution is 2.10. The molecule has 19 heavy (non-hydrogen) atoms. The van der Waals surface area contributed by atoms with Gasteiger partial charge in [-0.3, -0.25) is 9.48 Å². The Balaban J connectivity index is 2.18. The van der Waals surface area contributed by atoms with Gasteiger partial charge >= 0.3 is 0 Å². The minimum Gasteiger partial charge on any atom is -0.289 e. The molecule has 0 aliphatic heterocycles. The highest BCUT2D eigenvalue weighted by molar-refractivity contribution is 6.06. The zero-order valence-corrected chi connectivity index (χ0v) is 11.6. The number of rotatable bonds is 4. The van der Waals surface area contributed by atoms with Crippen molar-refractivity contribution in [3.8, 4) is 0 Å². The van der Waals surface area contributed by atoms with Gasteiger partial charge in [-0.2, -0.15) is 5.10 Å². The van der Waals surface area contributed by atoms with Crippen LogP contribution in [0.15, 0.2) is 36.5 Å². The molecule has 3 nitrogen and oxygen atoms in total. The van der Waals surface area contributed by atoms with E-state index in [1.807, 2.05) is 62.0 Å². The van der Waals surface area contributed by atoms with E-state index in [2.05, 4.69) is 5.10 Å². The number of carbonyl (C=O) groups is 1. The van der Waals surface area contributed by atoms with Gasteiger partial charge in [0.05, 0.1) is 5.69 Å². The summed E-state index contributed by atoms with van der Waals surface area (Å²) in [5, 5.41) is 4.35. The number of carbonyl (C=O) groups excluding carboxylic acids is 1. The van der Waals surface area contributed by atoms with E-state index in [0.29, 0.717) is 0 Å². The van der Waals surface area contributed by atoms with Crippen LogP contribution >= 0.6 is 0 Å². The number of nitrogens with zero attached hydrogens (tertiary/aromatic N) is 2. The Labute approximate surface area is 113 Å². The number of benzene rings is 1. The van der Waals surface area contributed by atoms with Crippen molar-refractivity contribution in [2.45, 2.75) is 27.3 Å². The third kappa shape index (κ3) is 3.19. The molecule has 0 amide bonds. The van der Waals surface area contributed by atoms with Gasteiger partial charge in [0.2, 0.25) is 0 Å². The highest BCUT2D eigenvalue weighted by atomic mass is 16.1. The second-order valence-electron chi connectivity index (χ2n) is 4.59. The molecule has 0 atom stereocenters. The van der Waals surface area contributed by atoms with Crippen LogP contribution in [0.1, 0.15) is 34.1 Å². The molecule has 0 spiro atoms. The fourth-order valence-electron chi connectivity index (χ4n) is 1.92. The molecule has 0 aliphatic carbocycles. The number of aryl methyl sites for hydroxylation is 3. The lowest BCUT2D eigenvalue weighted by Crippen LogP contribution is -1.94. The lowest BCUT2D eigenvalue weighted by molar-refractivity contribution is 0.104. The fraction of sp³-hybridized carbons (Fsp3) is 0.250. The minimum absolute atomic E-state index is 0.0207. The second-order valence-corrected chi connectivity index (χ2v) is 4.59. The summed E-state index contributed by atoms with van der Waals surface area (Å²) in [5.74, 6) is 0.0207. The SMILES string of the molecule is CCn1cc(/C=C/C(=O)c2cccc(C)c2)c(C)n1. The van der Waals surface area contributed by atoms with Crippen LogP contribution < -0.4 is 0 Å². The van der Waals surface area contributed by atoms with Gasteiger partial charge in [0.25, 0.3) is 0 Å². The number of aromatic nitrogens is 2. The normalized spacial score (nSPS) is 11.1. The van der Waals surface area contributed by atoms with E-state index in [4.69, 9.17) is 0 Å². The second kappa shape index (κ2) is 5.65. The Hall–Kier alpha value is -2.16. The van der Waals surface area contributed by atoms with Gasteiger partial charge in [0, 0.05) is 23.9 Å². The van der Waals surface area contributed by atoms with E-state index in [1.165, 1.54) is 0 Å². The largest absolute Gasteiger partial charge is 0.289 e. The van der Waals surface area contributed by atoms with Crippen molar-refractivity contribution < 1.29 is 4.79 Å².